The number of benzene rings is 6. The van der Waals surface area contributed by atoms with Gasteiger partial charge in [-0.25, -0.2) is 0 Å². The molecule has 2 aliphatic carbocycles. The van der Waals surface area contributed by atoms with Gasteiger partial charge in [0.2, 0.25) is 0 Å². The third-order valence-corrected chi connectivity index (χ3v) is 52.5. The molecule has 2 aliphatic rings. The number of rotatable bonds is 7. The first kappa shape index (κ1) is 36.3. The Morgan fingerprint density at radius 2 is 0.808 bits per heavy atom. The Morgan fingerprint density at radius 1 is 0.462 bits per heavy atom. The zero-order chi connectivity index (χ0) is 36.8. The molecule has 52 heavy (non-hydrogen) atoms. The minimum atomic E-state index is -4.71. The average Bonchev–Trinajstić information content (AvgIpc) is 3.73. The molecule has 0 aliphatic heterocycles. The van der Waals surface area contributed by atoms with Crippen molar-refractivity contribution >= 4 is 75.1 Å². The number of hydrogen-bond acceptors (Lipinski definition) is 0. The SMILES string of the molecule is C[SiH](C)[Ti]([Cl])([Cl])([CH]1C([Si](C)(C)C)=Cc2c(-c3cccc4ccccc34)cccc21)[CH]1C([Si](C)(C)C)=Cc2c(-c3cccc4ccccc34)cccc21. The van der Waals surface area contributed by atoms with Crippen LogP contribution in [0.1, 0.15) is 30.7 Å². The molecule has 0 heterocycles. The van der Waals surface area contributed by atoms with Crippen LogP contribution in [0.2, 0.25) is 52.4 Å². The van der Waals surface area contributed by atoms with Gasteiger partial charge in [-0.3, -0.25) is 0 Å². The van der Waals surface area contributed by atoms with Crippen molar-refractivity contribution in [1.29, 1.82) is 0 Å². The van der Waals surface area contributed by atoms with Gasteiger partial charge in [-0.05, 0) is 0 Å². The van der Waals surface area contributed by atoms with Crippen LogP contribution in [-0.4, -0.2) is 22.8 Å². The molecule has 6 aromatic carbocycles. The van der Waals surface area contributed by atoms with Gasteiger partial charge in [-0.1, -0.05) is 0 Å². The van der Waals surface area contributed by atoms with Crippen molar-refractivity contribution in [2.45, 2.75) is 60.8 Å². The minimum absolute atomic E-state index is 0.0699. The second-order valence-corrected chi connectivity index (χ2v) is 57.0. The fourth-order valence-electron chi connectivity index (χ4n) is 9.52. The topological polar surface area (TPSA) is 0 Å². The third kappa shape index (κ3) is 5.53. The molecule has 0 fully saturated rings. The van der Waals surface area contributed by atoms with Crippen molar-refractivity contribution < 1.29 is 12.4 Å². The molecule has 0 amide bonds. The Hall–Kier alpha value is -2.74. The molecular formula is C46H49Cl2Si3Ti. The van der Waals surface area contributed by atoms with Crippen molar-refractivity contribution in [3.63, 3.8) is 0 Å². The van der Waals surface area contributed by atoms with Gasteiger partial charge in [0, 0.05) is 0 Å². The molecule has 263 valence electrons. The van der Waals surface area contributed by atoms with Crippen LogP contribution >= 0.6 is 18.6 Å². The van der Waals surface area contributed by atoms with Crippen LogP contribution in [0.5, 0.6) is 0 Å². The predicted molar refractivity (Wildman–Crippen MR) is 237 cm³/mol. The van der Waals surface area contributed by atoms with Gasteiger partial charge >= 0.3 is 325 Å². The first-order valence-corrected chi connectivity index (χ1v) is 37.5. The van der Waals surface area contributed by atoms with E-state index in [-0.39, 0.29) is 8.45 Å². The molecule has 0 saturated heterocycles. The van der Waals surface area contributed by atoms with E-state index < -0.39 is 35.3 Å². The van der Waals surface area contributed by atoms with Gasteiger partial charge in [0.25, 0.3) is 0 Å². The summed E-state index contributed by atoms with van der Waals surface area (Å²) in [5.41, 5.74) is 10.6. The van der Waals surface area contributed by atoms with Crippen molar-refractivity contribution in [2.24, 2.45) is 0 Å². The number of allylic oxidation sites excluding steroid dienone is 2. The summed E-state index contributed by atoms with van der Waals surface area (Å²) in [6.07, 6.45) is 5.15. The van der Waals surface area contributed by atoms with Crippen molar-refractivity contribution in [2.75, 3.05) is 0 Å². The third-order valence-electron chi connectivity index (χ3n) is 12.2. The number of hydrogen-bond donors (Lipinski definition) is 0. The van der Waals surface area contributed by atoms with Crippen LogP contribution in [0.15, 0.2) is 132 Å². The maximum absolute atomic E-state index is 8.97. The predicted octanol–water partition coefficient (Wildman–Crippen LogP) is 14.6. The van der Waals surface area contributed by atoms with Gasteiger partial charge in [0.05, 0.1) is 0 Å². The second-order valence-electron chi connectivity index (χ2n) is 17.6. The quantitative estimate of drug-likeness (QED) is 0.141. The zero-order valence-electron chi connectivity index (χ0n) is 31.7. The van der Waals surface area contributed by atoms with Crippen LogP contribution in [0.4, 0.5) is 0 Å². The van der Waals surface area contributed by atoms with Crippen LogP contribution in [0.25, 0.3) is 56.0 Å². The molecular weight excluding hydrogens is 756 g/mol. The van der Waals surface area contributed by atoms with E-state index in [1.807, 2.05) is 0 Å². The van der Waals surface area contributed by atoms with E-state index in [2.05, 4.69) is 186 Å². The second kappa shape index (κ2) is 12.7. The molecule has 0 N–H and O–H groups in total. The Kier molecular flexibility index (Phi) is 8.83. The summed E-state index contributed by atoms with van der Waals surface area (Å²) in [5, 5.41) is 8.21. The van der Waals surface area contributed by atoms with E-state index in [4.69, 9.17) is 18.6 Å². The first-order chi connectivity index (χ1) is 24.6. The Balaban J connectivity index is 1.41. The molecule has 0 spiro atoms. The zero-order valence-corrected chi connectivity index (χ0v) is 37.9. The van der Waals surface area contributed by atoms with Crippen LogP contribution in [-0.2, 0) is 12.4 Å². The average molecular weight is 805 g/mol. The fraction of sp³-hybridized carbons (Fsp3) is 0.217. The molecule has 6 heteroatoms. The number of halogens is 2. The summed E-state index contributed by atoms with van der Waals surface area (Å²) in [5.74, 6) is 0. The van der Waals surface area contributed by atoms with Crippen molar-refractivity contribution in [3.8, 4) is 22.3 Å². The molecule has 0 saturated carbocycles. The van der Waals surface area contributed by atoms with Gasteiger partial charge in [0.15, 0.2) is 0 Å². The molecule has 0 bridgehead atoms. The molecule has 0 aromatic heterocycles. The van der Waals surface area contributed by atoms with Gasteiger partial charge < -0.3 is 0 Å². The van der Waals surface area contributed by atoms with Gasteiger partial charge in [-0.15, -0.1) is 0 Å². The fourth-order valence-corrected chi connectivity index (χ4v) is 41.9. The van der Waals surface area contributed by atoms with E-state index in [1.54, 1.807) is 10.4 Å². The summed E-state index contributed by atoms with van der Waals surface area (Å²) in [4.78, 5) is 0. The molecule has 6 aromatic rings. The molecule has 8 rings (SSSR count). The van der Waals surface area contributed by atoms with E-state index in [9.17, 15) is 0 Å². The molecule has 2 unspecified atom stereocenters. The Labute approximate surface area is 322 Å². The van der Waals surface area contributed by atoms with Crippen LogP contribution in [0.3, 0.4) is 0 Å². The summed E-state index contributed by atoms with van der Waals surface area (Å²) in [6.45, 7) is 18.3. The van der Waals surface area contributed by atoms with Crippen molar-refractivity contribution in [3.05, 3.63) is 154 Å². The Morgan fingerprint density at radius 3 is 1.19 bits per heavy atom. The summed E-state index contributed by atoms with van der Waals surface area (Å²) in [6, 6.07) is 45.0. The normalized spacial score (nSPS) is 18.2. The van der Waals surface area contributed by atoms with Gasteiger partial charge in [-0.2, -0.15) is 0 Å². The monoisotopic (exact) mass is 803 g/mol. The first-order valence-electron chi connectivity index (χ1n) is 18.8. The summed E-state index contributed by atoms with van der Waals surface area (Å²) >= 11 is -4.71. The number of fused-ring (bicyclic) bond motifs is 4. The van der Waals surface area contributed by atoms with E-state index in [1.165, 1.54) is 66.1 Å². The van der Waals surface area contributed by atoms with Crippen molar-refractivity contribution in [1.82, 2.24) is 0 Å². The standard InChI is InChI=1S/2C22H21Si.C2H7Si.2ClH.Ti/c2*1-23(2,3)18-14-17-10-7-13-21(22(17)15-18)20-12-6-9-16-8-4-5-11-19(16)20;1-3-2;;;/h2*4-15H,1-3H3;3H,1-2H3;2*1H;/q;;;;;+2/p-2. The molecule has 0 nitrogen and oxygen atoms in total. The van der Waals surface area contributed by atoms with Crippen LogP contribution in [0, 0.1) is 0 Å². The van der Waals surface area contributed by atoms with Crippen LogP contribution < -0.4 is 0 Å². The van der Waals surface area contributed by atoms with E-state index in [0.717, 1.165) is 0 Å². The molecule has 2 atom stereocenters. The molecule has 0 radical (unpaired) electrons. The van der Waals surface area contributed by atoms with E-state index in [0.29, 0.717) is 0 Å². The summed E-state index contributed by atoms with van der Waals surface area (Å²) in [7, 11) is 14.1. The Bertz CT molecular complexity index is 2300. The van der Waals surface area contributed by atoms with E-state index >= 15 is 0 Å². The summed E-state index contributed by atoms with van der Waals surface area (Å²) < 4.78 is 0.140. The van der Waals surface area contributed by atoms with Gasteiger partial charge in [0.1, 0.15) is 0 Å². The maximum atomic E-state index is 8.97.